The molecule has 106 valence electrons. The molecule has 5 heteroatoms. The van der Waals surface area contributed by atoms with Crippen LogP contribution in [-0.4, -0.2) is 43.0 Å². The smallest absolute Gasteiger partial charge is 0.315 e. The van der Waals surface area contributed by atoms with Gasteiger partial charge in [0, 0.05) is 25.8 Å². The predicted molar refractivity (Wildman–Crippen MR) is 70.5 cm³/mol. The first-order valence-electron chi connectivity index (χ1n) is 7.03. The van der Waals surface area contributed by atoms with Crippen LogP contribution in [0.1, 0.15) is 45.4 Å². The Balaban J connectivity index is 2.08. The summed E-state index contributed by atoms with van der Waals surface area (Å²) in [5, 5.41) is 14.5. The number of amides is 2. The highest BCUT2D eigenvalue weighted by atomic mass is 16.5. The molecule has 0 radical (unpaired) electrons. The van der Waals surface area contributed by atoms with Crippen LogP contribution >= 0.6 is 0 Å². The average Bonchev–Trinajstić information content (AvgIpc) is 2.39. The number of carbonyl (C=O) groups excluding carboxylic acids is 1. The highest BCUT2D eigenvalue weighted by Crippen LogP contribution is 2.14. The van der Waals surface area contributed by atoms with Gasteiger partial charge in [-0.2, -0.15) is 0 Å². The second kappa shape index (κ2) is 9.16. The van der Waals surface area contributed by atoms with Crippen molar-refractivity contribution in [2.75, 3.05) is 19.8 Å². The van der Waals surface area contributed by atoms with Gasteiger partial charge in [-0.1, -0.05) is 6.92 Å². The SMILES string of the molecule is CCC(CCO)NC(=O)NCCC1CCCCO1. The van der Waals surface area contributed by atoms with Crippen LogP contribution in [0.4, 0.5) is 4.79 Å². The molecule has 1 saturated heterocycles. The summed E-state index contributed by atoms with van der Waals surface area (Å²) in [5.74, 6) is 0. The zero-order chi connectivity index (χ0) is 13.2. The maximum absolute atomic E-state index is 11.6. The number of carbonyl (C=O) groups is 1. The Kier molecular flexibility index (Phi) is 7.76. The number of urea groups is 1. The quantitative estimate of drug-likeness (QED) is 0.646. The zero-order valence-corrected chi connectivity index (χ0v) is 11.3. The Morgan fingerprint density at radius 3 is 2.94 bits per heavy atom. The summed E-state index contributed by atoms with van der Waals surface area (Å²) in [7, 11) is 0. The molecule has 3 N–H and O–H groups in total. The van der Waals surface area contributed by atoms with Crippen molar-refractivity contribution >= 4 is 6.03 Å². The molecule has 1 aliphatic heterocycles. The van der Waals surface area contributed by atoms with Crippen molar-refractivity contribution < 1.29 is 14.6 Å². The van der Waals surface area contributed by atoms with Crippen molar-refractivity contribution in [2.45, 2.75) is 57.6 Å². The number of hydrogen-bond donors (Lipinski definition) is 3. The second-order valence-corrected chi connectivity index (χ2v) is 4.79. The summed E-state index contributed by atoms with van der Waals surface area (Å²) >= 11 is 0. The van der Waals surface area contributed by atoms with Crippen molar-refractivity contribution in [3.63, 3.8) is 0 Å². The Bertz CT molecular complexity index is 230. The van der Waals surface area contributed by atoms with E-state index in [9.17, 15) is 4.79 Å². The minimum atomic E-state index is -0.147. The van der Waals surface area contributed by atoms with Crippen LogP contribution in [0.25, 0.3) is 0 Å². The number of rotatable bonds is 7. The summed E-state index contributed by atoms with van der Waals surface area (Å²) in [4.78, 5) is 11.6. The van der Waals surface area contributed by atoms with Gasteiger partial charge in [0.2, 0.25) is 0 Å². The number of ether oxygens (including phenoxy) is 1. The van der Waals surface area contributed by atoms with E-state index in [4.69, 9.17) is 9.84 Å². The first-order chi connectivity index (χ1) is 8.76. The van der Waals surface area contributed by atoms with Crippen molar-refractivity contribution in [1.29, 1.82) is 0 Å². The van der Waals surface area contributed by atoms with Crippen LogP contribution in [0.5, 0.6) is 0 Å². The van der Waals surface area contributed by atoms with E-state index in [0.29, 0.717) is 19.1 Å². The fourth-order valence-electron chi connectivity index (χ4n) is 2.15. The number of nitrogens with one attached hydrogen (secondary N) is 2. The maximum Gasteiger partial charge on any atom is 0.315 e. The van der Waals surface area contributed by atoms with Crippen molar-refractivity contribution in [3.8, 4) is 0 Å². The van der Waals surface area contributed by atoms with Gasteiger partial charge in [0.1, 0.15) is 0 Å². The van der Waals surface area contributed by atoms with Crippen molar-refractivity contribution in [1.82, 2.24) is 10.6 Å². The van der Waals surface area contributed by atoms with E-state index < -0.39 is 0 Å². The normalized spacial score (nSPS) is 21.3. The molecule has 0 bridgehead atoms. The van der Waals surface area contributed by atoms with E-state index in [1.54, 1.807) is 0 Å². The molecule has 1 aliphatic rings. The summed E-state index contributed by atoms with van der Waals surface area (Å²) in [5.41, 5.74) is 0. The Morgan fingerprint density at radius 2 is 2.33 bits per heavy atom. The lowest BCUT2D eigenvalue weighted by Crippen LogP contribution is -2.43. The molecule has 2 amide bonds. The molecule has 0 aliphatic carbocycles. The fourth-order valence-corrected chi connectivity index (χ4v) is 2.15. The number of hydrogen-bond acceptors (Lipinski definition) is 3. The van der Waals surface area contributed by atoms with E-state index in [0.717, 1.165) is 32.3 Å². The molecule has 0 aromatic heterocycles. The average molecular weight is 258 g/mol. The topological polar surface area (TPSA) is 70.6 Å². The van der Waals surface area contributed by atoms with Crippen LogP contribution in [0.3, 0.4) is 0 Å². The lowest BCUT2D eigenvalue weighted by atomic mass is 10.1. The lowest BCUT2D eigenvalue weighted by molar-refractivity contribution is 0.0120. The van der Waals surface area contributed by atoms with Crippen molar-refractivity contribution in [2.24, 2.45) is 0 Å². The van der Waals surface area contributed by atoms with Crippen LogP contribution in [-0.2, 0) is 4.74 Å². The third-order valence-electron chi connectivity index (χ3n) is 3.33. The minimum Gasteiger partial charge on any atom is -0.396 e. The van der Waals surface area contributed by atoms with Crippen LogP contribution in [0.2, 0.25) is 0 Å². The van der Waals surface area contributed by atoms with Gasteiger partial charge < -0.3 is 20.5 Å². The summed E-state index contributed by atoms with van der Waals surface area (Å²) in [6.07, 6.45) is 6.11. The monoisotopic (exact) mass is 258 g/mol. The molecule has 2 atom stereocenters. The largest absolute Gasteiger partial charge is 0.396 e. The van der Waals surface area contributed by atoms with Gasteiger partial charge in [-0.25, -0.2) is 4.79 Å². The van der Waals surface area contributed by atoms with Gasteiger partial charge >= 0.3 is 6.03 Å². The van der Waals surface area contributed by atoms with Gasteiger partial charge in [0.25, 0.3) is 0 Å². The highest BCUT2D eigenvalue weighted by Gasteiger charge is 2.14. The Morgan fingerprint density at radius 1 is 1.50 bits per heavy atom. The molecule has 1 heterocycles. The van der Waals surface area contributed by atoms with Gasteiger partial charge in [-0.3, -0.25) is 0 Å². The summed E-state index contributed by atoms with van der Waals surface area (Å²) < 4.78 is 5.60. The molecule has 0 saturated carbocycles. The third-order valence-corrected chi connectivity index (χ3v) is 3.33. The molecule has 0 spiro atoms. The maximum atomic E-state index is 11.6. The standard InChI is InChI=1S/C13H26N2O3/c1-2-11(7-9-16)15-13(17)14-8-6-12-5-3-4-10-18-12/h11-12,16H,2-10H2,1H3,(H2,14,15,17). The highest BCUT2D eigenvalue weighted by molar-refractivity contribution is 5.74. The van der Waals surface area contributed by atoms with Crippen LogP contribution < -0.4 is 10.6 Å². The van der Waals surface area contributed by atoms with Crippen LogP contribution in [0, 0.1) is 0 Å². The van der Waals surface area contributed by atoms with E-state index in [2.05, 4.69) is 10.6 Å². The molecule has 1 fully saturated rings. The summed E-state index contributed by atoms with van der Waals surface area (Å²) in [6, 6.07) is -0.0907. The zero-order valence-electron chi connectivity index (χ0n) is 11.3. The Labute approximate surface area is 109 Å². The molecule has 1 rings (SSSR count). The first-order valence-corrected chi connectivity index (χ1v) is 7.03. The second-order valence-electron chi connectivity index (χ2n) is 4.79. The summed E-state index contributed by atoms with van der Waals surface area (Å²) in [6.45, 7) is 3.60. The van der Waals surface area contributed by atoms with E-state index in [-0.39, 0.29) is 18.7 Å². The molecule has 5 nitrogen and oxygen atoms in total. The van der Waals surface area contributed by atoms with E-state index in [1.807, 2.05) is 6.92 Å². The molecule has 2 unspecified atom stereocenters. The molecule has 0 aromatic carbocycles. The van der Waals surface area contributed by atoms with Gasteiger partial charge in [-0.15, -0.1) is 0 Å². The molecule has 18 heavy (non-hydrogen) atoms. The van der Waals surface area contributed by atoms with Gasteiger partial charge in [0.15, 0.2) is 0 Å². The van der Waals surface area contributed by atoms with Crippen LogP contribution in [0.15, 0.2) is 0 Å². The fraction of sp³-hybridized carbons (Fsp3) is 0.923. The van der Waals surface area contributed by atoms with E-state index >= 15 is 0 Å². The lowest BCUT2D eigenvalue weighted by Gasteiger charge is -2.23. The minimum absolute atomic E-state index is 0.0564. The number of aliphatic hydroxyl groups excluding tert-OH is 1. The predicted octanol–water partition coefficient (Wildman–Crippen LogP) is 1.41. The molecular formula is C13H26N2O3. The molecular weight excluding hydrogens is 232 g/mol. The third kappa shape index (κ3) is 6.21. The first kappa shape index (κ1) is 15.2. The molecule has 0 aromatic rings. The Hall–Kier alpha value is -0.810. The van der Waals surface area contributed by atoms with Gasteiger partial charge in [0.05, 0.1) is 6.10 Å². The van der Waals surface area contributed by atoms with Crippen molar-refractivity contribution in [3.05, 3.63) is 0 Å². The van der Waals surface area contributed by atoms with E-state index in [1.165, 1.54) is 6.42 Å². The van der Waals surface area contributed by atoms with Gasteiger partial charge in [-0.05, 0) is 38.5 Å². The number of aliphatic hydroxyl groups is 1.